The molecule has 1 aliphatic heterocycles. The summed E-state index contributed by atoms with van der Waals surface area (Å²) in [5.74, 6) is 0.411. The molecule has 84 valence electrons. The molecule has 1 fully saturated rings. The van der Waals surface area contributed by atoms with Crippen molar-refractivity contribution in [2.75, 3.05) is 0 Å². The fourth-order valence-corrected chi connectivity index (χ4v) is 1.86. The highest BCUT2D eigenvalue weighted by atomic mass is 16.6. The average molecular weight is 218 g/mol. The Morgan fingerprint density at radius 1 is 1.50 bits per heavy atom. The van der Waals surface area contributed by atoms with Gasteiger partial charge in [0.15, 0.2) is 0 Å². The molecule has 0 saturated carbocycles. The Hall–Kier alpha value is -1.77. The second-order valence-corrected chi connectivity index (χ2v) is 4.06. The first-order valence-electron chi connectivity index (χ1n) is 5.24. The summed E-state index contributed by atoms with van der Waals surface area (Å²) < 4.78 is 10.5. The van der Waals surface area contributed by atoms with Crippen LogP contribution >= 0.6 is 0 Å². The molecule has 3 nitrogen and oxygen atoms in total. The van der Waals surface area contributed by atoms with E-state index in [1.54, 1.807) is 18.4 Å². The van der Waals surface area contributed by atoms with Gasteiger partial charge in [-0.3, -0.25) is 0 Å². The molecule has 0 spiro atoms. The zero-order valence-electron chi connectivity index (χ0n) is 9.40. The molecule has 0 radical (unpaired) electrons. The van der Waals surface area contributed by atoms with Crippen molar-refractivity contribution in [3.05, 3.63) is 41.9 Å². The Morgan fingerprint density at radius 3 is 2.94 bits per heavy atom. The number of carbonyl (C=O) groups excluding carboxylic acids is 1. The number of hydrogen-bond acceptors (Lipinski definition) is 3. The minimum atomic E-state index is -0.510. The van der Waals surface area contributed by atoms with Crippen molar-refractivity contribution in [2.24, 2.45) is 0 Å². The second kappa shape index (κ2) is 4.00. The molecule has 2 rings (SSSR count). The summed E-state index contributed by atoms with van der Waals surface area (Å²) in [5.41, 5.74) is 0.139. The van der Waals surface area contributed by atoms with E-state index in [9.17, 15) is 4.79 Å². The fourth-order valence-electron chi connectivity index (χ4n) is 1.86. The summed E-state index contributed by atoms with van der Waals surface area (Å²) in [4.78, 5) is 11.6. The molecule has 1 aromatic heterocycles. The smallest absolute Gasteiger partial charge is 0.335 e. The summed E-state index contributed by atoms with van der Waals surface area (Å²) in [7, 11) is 0. The van der Waals surface area contributed by atoms with Gasteiger partial charge >= 0.3 is 5.97 Å². The van der Waals surface area contributed by atoms with Gasteiger partial charge in [-0.1, -0.05) is 6.08 Å². The summed E-state index contributed by atoms with van der Waals surface area (Å²) in [6.45, 7) is 3.81. The van der Waals surface area contributed by atoms with Crippen LogP contribution in [-0.2, 0) is 9.53 Å². The summed E-state index contributed by atoms with van der Waals surface area (Å²) >= 11 is 0. The van der Waals surface area contributed by atoms with Crippen LogP contribution in [0.25, 0.3) is 6.08 Å². The van der Waals surface area contributed by atoms with E-state index in [0.717, 1.165) is 0 Å². The van der Waals surface area contributed by atoms with Crippen LogP contribution in [0.3, 0.4) is 0 Å². The Bertz CT molecular complexity index is 440. The molecular formula is C13H14O3. The number of hydrogen-bond donors (Lipinski definition) is 0. The maximum absolute atomic E-state index is 11.6. The molecule has 1 atom stereocenters. The minimum Gasteiger partial charge on any atom is -0.465 e. The fraction of sp³-hybridized carbons (Fsp3) is 0.308. The van der Waals surface area contributed by atoms with Gasteiger partial charge in [0.05, 0.1) is 6.26 Å². The normalized spacial score (nSPS) is 27.9. The molecule has 0 bridgehead atoms. The third-order valence-corrected chi connectivity index (χ3v) is 2.51. The number of ether oxygens (including phenoxy) is 1. The van der Waals surface area contributed by atoms with E-state index in [1.165, 1.54) is 0 Å². The van der Waals surface area contributed by atoms with Gasteiger partial charge in [0, 0.05) is 12.0 Å². The van der Waals surface area contributed by atoms with Gasteiger partial charge in [-0.15, -0.1) is 0 Å². The second-order valence-electron chi connectivity index (χ2n) is 4.06. The lowest BCUT2D eigenvalue weighted by Crippen LogP contribution is -2.19. The van der Waals surface area contributed by atoms with E-state index in [4.69, 9.17) is 9.15 Å². The van der Waals surface area contributed by atoms with Gasteiger partial charge in [0.25, 0.3) is 0 Å². The predicted octanol–water partition coefficient (Wildman–Crippen LogP) is 2.94. The van der Waals surface area contributed by atoms with Gasteiger partial charge in [-0.05, 0) is 38.1 Å². The number of furan rings is 1. The zero-order chi connectivity index (χ0) is 11.6. The van der Waals surface area contributed by atoms with Gasteiger partial charge in [-0.2, -0.15) is 0 Å². The molecule has 0 N–H and O–H groups in total. The molecule has 1 unspecified atom stereocenters. The quantitative estimate of drug-likeness (QED) is 0.435. The van der Waals surface area contributed by atoms with Crippen LogP contribution in [0.4, 0.5) is 0 Å². The largest absolute Gasteiger partial charge is 0.465 e. The molecular weight excluding hydrogens is 204 g/mol. The highest BCUT2D eigenvalue weighted by Gasteiger charge is 2.37. The van der Waals surface area contributed by atoms with Gasteiger partial charge in [-0.25, -0.2) is 4.79 Å². The highest BCUT2D eigenvalue weighted by Crippen LogP contribution is 2.32. The van der Waals surface area contributed by atoms with Crippen LogP contribution in [0.2, 0.25) is 0 Å². The van der Waals surface area contributed by atoms with E-state index in [1.807, 2.05) is 32.1 Å². The topological polar surface area (TPSA) is 39.4 Å². The van der Waals surface area contributed by atoms with E-state index < -0.39 is 5.60 Å². The average Bonchev–Trinajstić information content (AvgIpc) is 2.77. The Kier molecular flexibility index (Phi) is 2.69. The SMILES string of the molecule is C/C=C/C1(C)C/C(=C\c2ccco2)C(=O)O1. The predicted molar refractivity (Wildman–Crippen MR) is 60.6 cm³/mol. The maximum Gasteiger partial charge on any atom is 0.335 e. The first kappa shape index (κ1) is 10.7. The van der Waals surface area contributed by atoms with E-state index in [0.29, 0.717) is 17.8 Å². The van der Waals surface area contributed by atoms with Crippen LogP contribution in [0.5, 0.6) is 0 Å². The summed E-state index contributed by atoms with van der Waals surface area (Å²) in [5, 5.41) is 0. The molecule has 0 aliphatic carbocycles. The third kappa shape index (κ3) is 2.08. The van der Waals surface area contributed by atoms with Gasteiger partial charge in [0.2, 0.25) is 0 Å². The standard InChI is InChI=1S/C13H14O3/c1-3-6-13(2)9-10(12(14)16-13)8-11-5-4-7-15-11/h3-8H,9H2,1-2H3/b6-3+,10-8+. The third-order valence-electron chi connectivity index (χ3n) is 2.51. The molecule has 3 heteroatoms. The molecule has 0 amide bonds. The van der Waals surface area contributed by atoms with Crippen LogP contribution in [0.1, 0.15) is 26.0 Å². The number of esters is 1. The van der Waals surface area contributed by atoms with Crippen LogP contribution < -0.4 is 0 Å². The van der Waals surface area contributed by atoms with Crippen molar-refractivity contribution in [3.8, 4) is 0 Å². The zero-order valence-corrected chi connectivity index (χ0v) is 9.40. The van der Waals surface area contributed by atoms with Crippen molar-refractivity contribution < 1.29 is 13.9 Å². The van der Waals surface area contributed by atoms with Gasteiger partial charge in [0.1, 0.15) is 11.4 Å². The lowest BCUT2D eigenvalue weighted by molar-refractivity contribution is -0.141. The Balaban J connectivity index is 2.23. The number of rotatable bonds is 2. The van der Waals surface area contributed by atoms with E-state index in [-0.39, 0.29) is 5.97 Å². The van der Waals surface area contributed by atoms with Gasteiger partial charge < -0.3 is 9.15 Å². The molecule has 1 aliphatic rings. The first-order valence-corrected chi connectivity index (χ1v) is 5.24. The first-order chi connectivity index (χ1) is 7.63. The van der Waals surface area contributed by atoms with Crippen LogP contribution in [-0.4, -0.2) is 11.6 Å². The molecule has 1 aromatic rings. The Labute approximate surface area is 94.4 Å². The molecule has 0 aromatic carbocycles. The van der Waals surface area contributed by atoms with E-state index in [2.05, 4.69) is 0 Å². The van der Waals surface area contributed by atoms with Crippen molar-refractivity contribution in [3.63, 3.8) is 0 Å². The van der Waals surface area contributed by atoms with E-state index >= 15 is 0 Å². The monoisotopic (exact) mass is 218 g/mol. The van der Waals surface area contributed by atoms with Crippen molar-refractivity contribution in [1.82, 2.24) is 0 Å². The molecule has 16 heavy (non-hydrogen) atoms. The molecule has 1 saturated heterocycles. The summed E-state index contributed by atoms with van der Waals surface area (Å²) in [6.07, 6.45) is 7.68. The highest BCUT2D eigenvalue weighted by molar-refractivity contribution is 5.96. The van der Waals surface area contributed by atoms with Crippen molar-refractivity contribution in [1.29, 1.82) is 0 Å². The summed E-state index contributed by atoms with van der Waals surface area (Å²) in [6, 6.07) is 3.60. The van der Waals surface area contributed by atoms with Crippen LogP contribution in [0, 0.1) is 0 Å². The lowest BCUT2D eigenvalue weighted by Gasteiger charge is -2.16. The van der Waals surface area contributed by atoms with Crippen molar-refractivity contribution >= 4 is 12.0 Å². The number of cyclic esters (lactones) is 1. The number of allylic oxidation sites excluding steroid dienone is 1. The number of carbonyl (C=O) groups is 1. The Morgan fingerprint density at radius 2 is 2.31 bits per heavy atom. The minimum absolute atomic E-state index is 0.267. The molecule has 2 heterocycles. The van der Waals surface area contributed by atoms with Crippen LogP contribution in [0.15, 0.2) is 40.5 Å². The maximum atomic E-state index is 11.6. The van der Waals surface area contributed by atoms with Crippen molar-refractivity contribution in [2.45, 2.75) is 25.9 Å². The lowest BCUT2D eigenvalue weighted by atomic mass is 9.99.